The molecule has 2 fully saturated rings. The molecule has 0 atom stereocenters. The molecule has 5 rings (SSSR count). The number of rotatable bonds is 2. The van der Waals surface area contributed by atoms with E-state index in [0.29, 0.717) is 0 Å². The first kappa shape index (κ1) is 19.8. The monoisotopic (exact) mass is 418 g/mol. The highest BCUT2D eigenvalue weighted by molar-refractivity contribution is 8.08. The maximum absolute atomic E-state index is 2.58. The van der Waals surface area contributed by atoms with E-state index in [2.05, 4.69) is 78.4 Å². The van der Waals surface area contributed by atoms with E-state index in [1.54, 1.807) is 21.6 Å². The lowest BCUT2D eigenvalue weighted by Crippen LogP contribution is -2.48. The van der Waals surface area contributed by atoms with Gasteiger partial charge < -0.3 is 0 Å². The second-order valence-corrected chi connectivity index (χ2v) is 15.7. The summed E-state index contributed by atoms with van der Waals surface area (Å²) >= 11 is 4.00. The Morgan fingerprint density at radius 2 is 1.21 bits per heavy atom. The van der Waals surface area contributed by atoms with Crippen LogP contribution < -0.4 is 0 Å². The Balaban J connectivity index is 1.53. The molecule has 0 unspecified atom stereocenters. The molecule has 2 aliphatic heterocycles. The van der Waals surface area contributed by atoms with Gasteiger partial charge in [-0.25, -0.2) is 0 Å². The first-order chi connectivity index (χ1) is 13.2. The Labute approximate surface area is 181 Å². The van der Waals surface area contributed by atoms with Gasteiger partial charge in [-0.15, -0.1) is 23.5 Å². The quantitative estimate of drug-likeness (QED) is 0.431. The molecule has 2 heterocycles. The molecule has 0 aromatic heterocycles. The third-order valence-electron chi connectivity index (χ3n) is 6.38. The zero-order chi connectivity index (χ0) is 20.0. The molecule has 2 saturated carbocycles. The predicted octanol–water partition coefficient (Wildman–Crippen LogP) is 7.32. The third-order valence-corrected chi connectivity index (χ3v) is 12.5. The van der Waals surface area contributed by atoms with Crippen molar-refractivity contribution in [3.05, 3.63) is 103 Å². The standard InChI is InChI=1S/C25H26S2Si/c1-13-8-9-14(2)21-18(13)10-15(3)24(21)28(6,7)25-22-19(11-16(4)26-22)20-12-17(5)27-23(20)25/h8-12H,1-7H3. The largest absolute Gasteiger partial charge is 0.122 e. The van der Waals surface area contributed by atoms with Gasteiger partial charge >= 0.3 is 0 Å². The molecule has 0 aromatic rings. The molecule has 0 nitrogen and oxygen atoms in total. The molecule has 142 valence electrons. The molecule has 10 radical (unpaired) electrons. The average molecular weight is 419 g/mol. The zero-order valence-electron chi connectivity index (χ0n) is 17.7. The number of hydrogen-bond acceptors (Lipinski definition) is 2. The summed E-state index contributed by atoms with van der Waals surface area (Å²) in [6, 6.07) is 0. The van der Waals surface area contributed by atoms with Crippen LogP contribution in [0.3, 0.4) is 0 Å². The average Bonchev–Trinajstić information content (AvgIpc) is 3.30. The molecular weight excluding hydrogens is 392 g/mol. The Morgan fingerprint density at radius 3 is 1.79 bits per heavy atom. The minimum atomic E-state index is -1.90. The molecule has 0 bridgehead atoms. The summed E-state index contributed by atoms with van der Waals surface area (Å²) in [5.74, 6) is 7.43. The van der Waals surface area contributed by atoms with E-state index in [0.717, 1.165) is 0 Å². The summed E-state index contributed by atoms with van der Waals surface area (Å²) in [4.78, 5) is 2.86. The summed E-state index contributed by atoms with van der Waals surface area (Å²) in [5.41, 5.74) is 6.14. The first-order valence-corrected chi connectivity index (χ1v) is 14.6. The SMILES string of the molecule is C[C]1[CH][C]2[C]([C]1[Si](C)(C)[C]1[C]3SC(C)=C[C]3[C]3C=C(C)S[C]31)C(C)=CC=C2C. The van der Waals surface area contributed by atoms with Gasteiger partial charge in [0.2, 0.25) is 0 Å². The zero-order valence-corrected chi connectivity index (χ0v) is 20.3. The van der Waals surface area contributed by atoms with Crippen molar-refractivity contribution >= 4 is 31.6 Å². The summed E-state index contributed by atoms with van der Waals surface area (Å²) in [6.45, 7) is 16.5. The van der Waals surface area contributed by atoms with Crippen LogP contribution in [0.15, 0.2) is 45.3 Å². The number of allylic oxidation sites excluding steroid dienone is 8. The number of fused-ring (bicyclic) bond motifs is 4. The van der Waals surface area contributed by atoms with E-state index in [1.807, 2.05) is 23.5 Å². The summed E-state index contributed by atoms with van der Waals surface area (Å²) in [7, 11) is -1.90. The van der Waals surface area contributed by atoms with Gasteiger partial charge in [-0.05, 0) is 55.4 Å². The lowest BCUT2D eigenvalue weighted by atomic mass is 9.81. The van der Waals surface area contributed by atoms with E-state index >= 15 is 0 Å². The van der Waals surface area contributed by atoms with Gasteiger partial charge in [0.05, 0.1) is 18.6 Å². The molecule has 28 heavy (non-hydrogen) atoms. The molecule has 0 N–H and O–H groups in total. The smallest absolute Gasteiger partial charge is 0.0661 e. The maximum atomic E-state index is 2.58. The van der Waals surface area contributed by atoms with E-state index in [9.17, 15) is 0 Å². The van der Waals surface area contributed by atoms with Gasteiger partial charge in [-0.2, -0.15) is 0 Å². The molecule has 0 saturated heterocycles. The van der Waals surface area contributed by atoms with Crippen LogP contribution in [-0.2, 0) is 0 Å². The predicted molar refractivity (Wildman–Crippen MR) is 127 cm³/mol. The van der Waals surface area contributed by atoms with Crippen LogP contribution >= 0.6 is 23.5 Å². The van der Waals surface area contributed by atoms with Gasteiger partial charge in [0.1, 0.15) is 0 Å². The second kappa shape index (κ2) is 6.69. The van der Waals surface area contributed by atoms with Crippen molar-refractivity contribution in [1.29, 1.82) is 0 Å². The van der Waals surface area contributed by atoms with Crippen LogP contribution in [0.2, 0.25) is 13.1 Å². The van der Waals surface area contributed by atoms with Crippen LogP contribution in [0.5, 0.6) is 0 Å². The molecule has 0 amide bonds. The summed E-state index contributed by atoms with van der Waals surface area (Å²) < 4.78 is 0. The summed E-state index contributed by atoms with van der Waals surface area (Å²) in [5, 5.41) is 3.10. The fourth-order valence-electron chi connectivity index (χ4n) is 5.24. The minimum absolute atomic E-state index is 1.40. The fourth-order valence-corrected chi connectivity index (χ4v) is 12.8. The Kier molecular flexibility index (Phi) is 4.73. The van der Waals surface area contributed by atoms with Gasteiger partial charge in [0.25, 0.3) is 0 Å². The Bertz CT molecular complexity index is 784. The van der Waals surface area contributed by atoms with Gasteiger partial charge in [0.15, 0.2) is 0 Å². The van der Waals surface area contributed by atoms with Crippen LogP contribution in [0, 0.1) is 57.6 Å². The highest BCUT2D eigenvalue weighted by Crippen LogP contribution is 2.74. The maximum Gasteiger partial charge on any atom is 0.0661 e. The summed E-state index contributed by atoms with van der Waals surface area (Å²) in [6.07, 6.45) is 11.9. The Hall–Kier alpha value is -0.123. The van der Waals surface area contributed by atoms with Crippen molar-refractivity contribution in [1.82, 2.24) is 0 Å². The molecule has 0 aromatic carbocycles. The van der Waals surface area contributed by atoms with Crippen molar-refractivity contribution in [2.75, 3.05) is 0 Å². The number of thioether (sulfide) groups is 2. The van der Waals surface area contributed by atoms with E-state index in [1.165, 1.54) is 50.5 Å². The highest BCUT2D eigenvalue weighted by atomic mass is 32.2. The molecule has 3 aliphatic carbocycles. The van der Waals surface area contributed by atoms with Crippen LogP contribution in [-0.4, -0.2) is 8.07 Å². The van der Waals surface area contributed by atoms with Crippen molar-refractivity contribution < 1.29 is 0 Å². The van der Waals surface area contributed by atoms with Crippen molar-refractivity contribution in [2.45, 2.75) is 47.7 Å². The van der Waals surface area contributed by atoms with Gasteiger partial charge in [-0.3, -0.25) is 0 Å². The lowest BCUT2D eigenvalue weighted by molar-refractivity contribution is 1.03. The topological polar surface area (TPSA) is 0 Å². The lowest BCUT2D eigenvalue weighted by Gasteiger charge is -2.44. The van der Waals surface area contributed by atoms with E-state index in [4.69, 9.17) is 0 Å². The second-order valence-electron chi connectivity index (χ2n) is 8.89. The van der Waals surface area contributed by atoms with E-state index < -0.39 is 8.07 Å². The van der Waals surface area contributed by atoms with E-state index in [-0.39, 0.29) is 0 Å². The molecule has 5 aliphatic rings. The Morgan fingerprint density at radius 1 is 0.679 bits per heavy atom. The van der Waals surface area contributed by atoms with Crippen LogP contribution in [0.25, 0.3) is 0 Å². The molecular formula is C25H26S2Si. The van der Waals surface area contributed by atoms with Crippen LogP contribution in [0.4, 0.5) is 0 Å². The molecule has 0 spiro atoms. The van der Waals surface area contributed by atoms with Crippen molar-refractivity contribution in [3.63, 3.8) is 0 Å². The van der Waals surface area contributed by atoms with Gasteiger partial charge in [0, 0.05) is 29.2 Å². The van der Waals surface area contributed by atoms with Crippen molar-refractivity contribution in [3.8, 4) is 0 Å². The normalized spacial score (nSPS) is 29.8. The van der Waals surface area contributed by atoms with Crippen molar-refractivity contribution in [2.24, 2.45) is 0 Å². The van der Waals surface area contributed by atoms with Crippen LogP contribution in [0.1, 0.15) is 34.6 Å². The minimum Gasteiger partial charge on any atom is -0.122 e. The van der Waals surface area contributed by atoms with Gasteiger partial charge in [-0.1, -0.05) is 55.5 Å². The third kappa shape index (κ3) is 2.71. The number of hydrogen-bond donors (Lipinski definition) is 0. The fraction of sp³-hybridized carbons (Fsp3) is 0.280. The first-order valence-electron chi connectivity index (χ1n) is 9.96. The highest BCUT2D eigenvalue weighted by Gasteiger charge is 2.65. The molecule has 3 heteroatoms.